The van der Waals surface area contributed by atoms with E-state index in [0.717, 1.165) is 59.8 Å². The number of nitrogens with one attached hydrogen (secondary N) is 2. The molecule has 6 rings (SSSR count). The topological polar surface area (TPSA) is 147 Å². The summed E-state index contributed by atoms with van der Waals surface area (Å²) < 4.78 is 37.2. The Labute approximate surface area is 257 Å². The first kappa shape index (κ1) is 30.0. The van der Waals surface area contributed by atoms with Crippen molar-refractivity contribution in [2.24, 2.45) is 0 Å². The summed E-state index contributed by atoms with van der Waals surface area (Å²) in [6.45, 7) is 9.89. The molecule has 1 atom stereocenters. The van der Waals surface area contributed by atoms with Crippen molar-refractivity contribution in [3.8, 4) is 11.3 Å². The maximum absolute atomic E-state index is 12.9. The Morgan fingerprint density at radius 2 is 1.89 bits per heavy atom. The van der Waals surface area contributed by atoms with Gasteiger partial charge in [0.15, 0.2) is 5.82 Å². The smallest absolute Gasteiger partial charge is 0.410 e. The molecule has 3 aromatic heterocycles. The van der Waals surface area contributed by atoms with Gasteiger partial charge in [-0.05, 0) is 82.7 Å². The lowest BCUT2D eigenvalue weighted by atomic mass is 10.0. The van der Waals surface area contributed by atoms with Gasteiger partial charge in [0.2, 0.25) is 5.95 Å². The van der Waals surface area contributed by atoms with Crippen LogP contribution in [0.4, 0.5) is 16.6 Å². The maximum atomic E-state index is 12.9. The minimum atomic E-state index is -3.70. The lowest BCUT2D eigenvalue weighted by Gasteiger charge is -2.34. The molecule has 2 fully saturated rings. The highest BCUT2D eigenvalue weighted by atomic mass is 32.2. The van der Waals surface area contributed by atoms with Crippen LogP contribution in [0.25, 0.3) is 27.7 Å². The van der Waals surface area contributed by atoms with Gasteiger partial charge in [-0.1, -0.05) is 6.92 Å². The molecule has 2 saturated heterocycles. The van der Waals surface area contributed by atoms with Crippen molar-refractivity contribution in [3.63, 3.8) is 0 Å². The number of aromatic nitrogens is 5. The number of amides is 1. The molecule has 0 unspecified atom stereocenters. The summed E-state index contributed by atoms with van der Waals surface area (Å²) in [6.07, 6.45) is 7.08. The second-order valence-electron chi connectivity index (χ2n) is 12.4. The quantitative estimate of drug-likeness (QED) is 0.305. The number of rotatable bonds is 7. The summed E-state index contributed by atoms with van der Waals surface area (Å²) in [4.78, 5) is 28.1. The molecule has 2 aliphatic heterocycles. The summed E-state index contributed by atoms with van der Waals surface area (Å²) in [5.41, 5.74) is 3.62. The number of ether oxygens (including phenoxy) is 1. The number of nitrogens with zero attached hydrogens (tertiary/aromatic N) is 7. The summed E-state index contributed by atoms with van der Waals surface area (Å²) in [6, 6.07) is 7.85. The van der Waals surface area contributed by atoms with Crippen LogP contribution < -0.4 is 10.0 Å². The Bertz CT molecular complexity index is 1800. The highest BCUT2D eigenvalue weighted by molar-refractivity contribution is 7.90. The van der Waals surface area contributed by atoms with E-state index in [1.54, 1.807) is 9.42 Å². The lowest BCUT2D eigenvalue weighted by Crippen LogP contribution is -2.47. The predicted octanol–water partition coefficient (Wildman–Crippen LogP) is 4.47. The molecule has 0 bridgehead atoms. The first-order valence-corrected chi connectivity index (χ1v) is 16.6. The highest BCUT2D eigenvalue weighted by Crippen LogP contribution is 2.31. The SMILES string of the molecule is CCc1cc(-c2ccc3c(NS(=O)(=O)N4CCCC4)ncnn23)cc2cnc(N[C@H]3CCCN(C(=O)OC(C)(C)C)C3)nc12. The van der Waals surface area contributed by atoms with Crippen molar-refractivity contribution in [1.29, 1.82) is 0 Å². The van der Waals surface area contributed by atoms with E-state index < -0.39 is 15.8 Å². The Balaban J connectivity index is 1.24. The molecule has 2 aliphatic rings. The molecule has 5 heterocycles. The molecular formula is C30H39N9O4S. The van der Waals surface area contributed by atoms with Crippen LogP contribution in [0.3, 0.4) is 0 Å². The number of hydrogen-bond acceptors (Lipinski definition) is 9. The van der Waals surface area contributed by atoms with Gasteiger partial charge in [0.05, 0.1) is 11.2 Å². The summed E-state index contributed by atoms with van der Waals surface area (Å²) in [7, 11) is -3.70. The average molecular weight is 622 g/mol. The van der Waals surface area contributed by atoms with Crippen molar-refractivity contribution in [2.75, 3.05) is 36.2 Å². The van der Waals surface area contributed by atoms with Crippen molar-refractivity contribution < 1.29 is 17.9 Å². The van der Waals surface area contributed by atoms with E-state index in [1.807, 2.05) is 45.2 Å². The second-order valence-corrected chi connectivity index (χ2v) is 14.0. The van der Waals surface area contributed by atoms with E-state index in [1.165, 1.54) is 10.6 Å². The van der Waals surface area contributed by atoms with Crippen LogP contribution in [0.1, 0.15) is 58.9 Å². The third kappa shape index (κ3) is 6.27. The van der Waals surface area contributed by atoms with E-state index >= 15 is 0 Å². The second kappa shape index (κ2) is 11.8. The van der Waals surface area contributed by atoms with Gasteiger partial charge in [0.25, 0.3) is 0 Å². The number of piperidine rings is 1. The molecule has 2 N–H and O–H groups in total. The number of carbonyl (C=O) groups excluding carboxylic acids is 1. The van der Waals surface area contributed by atoms with Crippen LogP contribution in [0.2, 0.25) is 0 Å². The molecule has 0 spiro atoms. The molecular weight excluding hydrogens is 582 g/mol. The van der Waals surface area contributed by atoms with Crippen LogP contribution in [-0.2, 0) is 21.4 Å². The Kier molecular flexibility index (Phi) is 8.05. The van der Waals surface area contributed by atoms with Gasteiger partial charge in [-0.3, -0.25) is 4.72 Å². The van der Waals surface area contributed by atoms with E-state index in [4.69, 9.17) is 9.72 Å². The molecule has 0 radical (unpaired) electrons. The van der Waals surface area contributed by atoms with Gasteiger partial charge in [-0.15, -0.1) is 0 Å². The van der Waals surface area contributed by atoms with E-state index in [0.29, 0.717) is 37.6 Å². The number of hydrogen-bond donors (Lipinski definition) is 2. The highest BCUT2D eigenvalue weighted by Gasteiger charge is 2.29. The van der Waals surface area contributed by atoms with Gasteiger partial charge in [-0.25, -0.2) is 24.3 Å². The molecule has 1 aromatic carbocycles. The third-order valence-electron chi connectivity index (χ3n) is 7.93. The van der Waals surface area contributed by atoms with Gasteiger partial charge < -0.3 is 15.0 Å². The Morgan fingerprint density at radius 3 is 2.64 bits per heavy atom. The minimum absolute atomic E-state index is 0.0157. The third-order valence-corrected chi connectivity index (χ3v) is 9.42. The molecule has 4 aromatic rings. The van der Waals surface area contributed by atoms with E-state index in [-0.39, 0.29) is 18.0 Å². The van der Waals surface area contributed by atoms with E-state index in [2.05, 4.69) is 38.1 Å². The first-order chi connectivity index (χ1) is 21.0. The number of carbonyl (C=O) groups is 1. The summed E-state index contributed by atoms with van der Waals surface area (Å²) in [5.74, 6) is 0.758. The van der Waals surface area contributed by atoms with Crippen LogP contribution in [-0.4, -0.2) is 86.1 Å². The van der Waals surface area contributed by atoms with Crippen molar-refractivity contribution in [2.45, 2.75) is 71.4 Å². The molecule has 234 valence electrons. The zero-order valence-corrected chi connectivity index (χ0v) is 26.4. The molecule has 44 heavy (non-hydrogen) atoms. The van der Waals surface area contributed by atoms with E-state index in [9.17, 15) is 13.2 Å². The van der Waals surface area contributed by atoms with Crippen molar-refractivity contribution in [1.82, 2.24) is 33.8 Å². The summed E-state index contributed by atoms with van der Waals surface area (Å²) >= 11 is 0. The first-order valence-electron chi connectivity index (χ1n) is 15.2. The average Bonchev–Trinajstić information content (AvgIpc) is 3.68. The molecule has 0 aliphatic carbocycles. The van der Waals surface area contributed by atoms with Crippen molar-refractivity contribution in [3.05, 3.63) is 42.4 Å². The van der Waals surface area contributed by atoms with Gasteiger partial charge >= 0.3 is 16.3 Å². The fraction of sp³-hybridized carbons (Fsp3) is 0.500. The molecule has 13 nitrogen and oxygen atoms in total. The standard InChI is InChI=1S/C30H39N9O4S/c1-5-20-15-21(24-10-11-25-27(32-19-33-39(24)25)36-44(41,42)38-13-6-7-14-38)16-22-17-31-28(35-26(20)22)34-23-9-8-12-37(18-23)29(40)43-30(2,3)4/h10-11,15-17,19,23H,5-9,12-14,18H2,1-4H3,(H,31,34,35)(H,32,33,36)/t23-/m0/s1. The molecule has 14 heteroatoms. The van der Waals surface area contributed by atoms with Crippen LogP contribution >= 0.6 is 0 Å². The van der Waals surface area contributed by atoms with Gasteiger partial charge in [-0.2, -0.15) is 17.8 Å². The van der Waals surface area contributed by atoms with Crippen molar-refractivity contribution >= 4 is 44.5 Å². The normalized spacial score (nSPS) is 18.2. The lowest BCUT2D eigenvalue weighted by molar-refractivity contribution is 0.0206. The minimum Gasteiger partial charge on any atom is -0.444 e. The predicted molar refractivity (Wildman–Crippen MR) is 169 cm³/mol. The molecule has 1 amide bonds. The summed E-state index contributed by atoms with van der Waals surface area (Å²) in [5, 5.41) is 8.75. The number of benzene rings is 1. The van der Waals surface area contributed by atoms with Crippen LogP contribution in [0.15, 0.2) is 36.8 Å². The van der Waals surface area contributed by atoms with Gasteiger partial charge in [0, 0.05) is 49.4 Å². The Hall–Kier alpha value is -4.04. The Morgan fingerprint density at radius 1 is 1.09 bits per heavy atom. The monoisotopic (exact) mass is 621 g/mol. The fourth-order valence-corrected chi connectivity index (χ4v) is 7.09. The number of anilines is 2. The van der Waals surface area contributed by atoms with Gasteiger partial charge in [0.1, 0.15) is 17.4 Å². The van der Waals surface area contributed by atoms with Crippen LogP contribution in [0.5, 0.6) is 0 Å². The number of fused-ring (bicyclic) bond motifs is 2. The maximum Gasteiger partial charge on any atom is 0.410 e. The molecule has 0 saturated carbocycles. The fourth-order valence-electron chi connectivity index (χ4n) is 5.82. The number of likely N-dealkylation sites (tertiary alicyclic amines) is 1. The zero-order chi connectivity index (χ0) is 31.1. The van der Waals surface area contributed by atoms with Crippen LogP contribution in [0, 0.1) is 0 Å². The largest absolute Gasteiger partial charge is 0.444 e. The zero-order valence-electron chi connectivity index (χ0n) is 25.6. The number of aryl methyl sites for hydroxylation is 1.